The van der Waals surface area contributed by atoms with E-state index in [1.54, 1.807) is 55.6 Å². The van der Waals surface area contributed by atoms with E-state index >= 15 is 0 Å². The first-order valence-corrected chi connectivity index (χ1v) is 14.8. The molecule has 1 spiro atoms. The van der Waals surface area contributed by atoms with E-state index in [0.717, 1.165) is 11.1 Å². The average Bonchev–Trinajstić information content (AvgIpc) is 3.52. The molecule has 1 amide bonds. The number of methoxy groups -OCH3 is 1. The number of nitrogens with one attached hydrogen (secondary N) is 1. The van der Waals surface area contributed by atoms with E-state index in [9.17, 15) is 14.4 Å². The summed E-state index contributed by atoms with van der Waals surface area (Å²) in [6.07, 6.45) is 3.81. The third-order valence-electron chi connectivity index (χ3n) is 9.01. The molecule has 1 saturated heterocycles. The van der Waals surface area contributed by atoms with Crippen molar-refractivity contribution >= 4 is 29.2 Å². The highest BCUT2D eigenvalue weighted by Crippen LogP contribution is 2.62. The van der Waals surface area contributed by atoms with Crippen molar-refractivity contribution in [1.82, 2.24) is 4.90 Å². The van der Waals surface area contributed by atoms with Crippen molar-refractivity contribution in [2.75, 3.05) is 12.4 Å². The van der Waals surface area contributed by atoms with Crippen LogP contribution < -0.4 is 14.8 Å². The van der Waals surface area contributed by atoms with E-state index in [-0.39, 0.29) is 23.6 Å². The number of carbonyl (C=O) groups excluding carboxylic acids is 3. The number of ketones is 2. The van der Waals surface area contributed by atoms with E-state index in [4.69, 9.17) is 9.47 Å². The number of amides is 1. The Morgan fingerprint density at radius 2 is 1.45 bits per heavy atom. The Balaban J connectivity index is 1.47. The second-order valence-corrected chi connectivity index (χ2v) is 11.7. The molecule has 4 aromatic rings. The van der Waals surface area contributed by atoms with Crippen LogP contribution in [0.25, 0.3) is 6.08 Å². The van der Waals surface area contributed by atoms with Gasteiger partial charge in [0.15, 0.2) is 11.6 Å². The number of rotatable bonds is 7. The van der Waals surface area contributed by atoms with Gasteiger partial charge in [-0.1, -0.05) is 42.5 Å². The molecule has 3 heterocycles. The number of anilines is 1. The van der Waals surface area contributed by atoms with Crippen molar-refractivity contribution in [3.8, 4) is 11.5 Å². The summed E-state index contributed by atoms with van der Waals surface area (Å²) in [5, 5.41) is 3.09. The van der Waals surface area contributed by atoms with E-state index in [0.29, 0.717) is 33.9 Å². The van der Waals surface area contributed by atoms with Gasteiger partial charge in [0.1, 0.15) is 23.0 Å². The van der Waals surface area contributed by atoms with Crippen molar-refractivity contribution < 1.29 is 23.9 Å². The Bertz CT molecular complexity index is 1810. The van der Waals surface area contributed by atoms with Crippen LogP contribution in [0.3, 0.4) is 0 Å². The number of ether oxygens (including phenoxy) is 2. The molecule has 4 atom stereocenters. The van der Waals surface area contributed by atoms with Crippen LogP contribution in [0.15, 0.2) is 103 Å². The van der Waals surface area contributed by atoms with Gasteiger partial charge >= 0.3 is 0 Å². The zero-order valence-electron chi connectivity index (χ0n) is 24.7. The number of hydrogen-bond donors (Lipinski definition) is 1. The van der Waals surface area contributed by atoms with Crippen molar-refractivity contribution in [2.45, 2.75) is 37.5 Å². The molecule has 0 radical (unpaired) electrons. The fraction of sp³-hybridized carbons (Fsp3) is 0.216. The zero-order chi connectivity index (χ0) is 30.6. The predicted molar refractivity (Wildman–Crippen MR) is 168 cm³/mol. The maximum absolute atomic E-state index is 15.0. The highest BCUT2D eigenvalue weighted by atomic mass is 16.5. The van der Waals surface area contributed by atoms with Gasteiger partial charge in [-0.2, -0.15) is 0 Å². The van der Waals surface area contributed by atoms with Crippen LogP contribution in [0.1, 0.15) is 57.3 Å². The first kappa shape index (κ1) is 27.7. The minimum absolute atomic E-state index is 0.0254. The molecular formula is C37H32N2O5. The molecule has 3 aliphatic heterocycles. The van der Waals surface area contributed by atoms with Crippen molar-refractivity contribution in [2.24, 2.45) is 5.92 Å². The highest BCUT2D eigenvalue weighted by molar-refractivity contribution is 6.16. The molecule has 7 heteroatoms. The van der Waals surface area contributed by atoms with Gasteiger partial charge in [-0.25, -0.2) is 0 Å². The largest absolute Gasteiger partial charge is 0.497 e. The second-order valence-electron chi connectivity index (χ2n) is 11.7. The number of nitrogens with zero attached hydrogens (tertiary/aromatic N) is 1. The smallest absolute Gasteiger partial charge is 0.238 e. The Labute approximate surface area is 256 Å². The maximum atomic E-state index is 15.0. The van der Waals surface area contributed by atoms with Crippen LogP contribution in [0, 0.1) is 5.92 Å². The van der Waals surface area contributed by atoms with Crippen LogP contribution in [0.4, 0.5) is 5.69 Å². The summed E-state index contributed by atoms with van der Waals surface area (Å²) in [6, 6.07) is 27.7. The summed E-state index contributed by atoms with van der Waals surface area (Å²) in [4.78, 5) is 46.1. The first-order valence-electron chi connectivity index (χ1n) is 14.8. The van der Waals surface area contributed by atoms with E-state index in [1.807, 2.05) is 79.6 Å². The van der Waals surface area contributed by atoms with Gasteiger partial charge < -0.3 is 19.7 Å². The molecule has 1 fully saturated rings. The van der Waals surface area contributed by atoms with Gasteiger partial charge in [0.2, 0.25) is 5.91 Å². The molecule has 0 saturated carbocycles. The van der Waals surface area contributed by atoms with Gasteiger partial charge in [0, 0.05) is 23.0 Å². The lowest BCUT2D eigenvalue weighted by Gasteiger charge is -2.38. The average molecular weight is 585 g/mol. The number of carbonyl (C=O) groups is 3. The monoisotopic (exact) mass is 584 g/mol. The maximum Gasteiger partial charge on any atom is 0.238 e. The predicted octanol–water partition coefficient (Wildman–Crippen LogP) is 6.46. The Morgan fingerprint density at radius 1 is 0.818 bits per heavy atom. The number of Topliss-reactive ketones (excluding diaryl/α,β-unsaturated/α-hetero) is 2. The van der Waals surface area contributed by atoms with Crippen molar-refractivity contribution in [3.63, 3.8) is 0 Å². The summed E-state index contributed by atoms with van der Waals surface area (Å²) in [5.41, 5.74) is 2.67. The first-order chi connectivity index (χ1) is 21.3. The van der Waals surface area contributed by atoms with Crippen LogP contribution in [0.2, 0.25) is 0 Å². The highest BCUT2D eigenvalue weighted by Gasteiger charge is 2.70. The number of hydrogen-bond acceptors (Lipinski definition) is 6. The van der Waals surface area contributed by atoms with E-state index in [2.05, 4.69) is 5.32 Å². The molecule has 3 aliphatic rings. The molecule has 44 heavy (non-hydrogen) atoms. The second kappa shape index (κ2) is 10.5. The molecule has 7 nitrogen and oxygen atoms in total. The Morgan fingerprint density at radius 3 is 2.16 bits per heavy atom. The standard InChI is InChI=1S/C37H32N2O5/c1-22(2)44-27-18-14-24(15-19-27)33(40)31-32(34(41)25-12-16-26(43-3)17-13-25)39-21-20-23-8-4-5-9-28(23)35(39)37(31)29-10-6-7-11-30(29)38-36(37)42/h4-22,31-32,35H,1-3H3,(H,38,42)/t31-,32+,35+,37+/m1/s1. The molecule has 0 aliphatic carbocycles. The lowest BCUT2D eigenvalue weighted by Crippen LogP contribution is -2.49. The summed E-state index contributed by atoms with van der Waals surface area (Å²) >= 11 is 0. The van der Waals surface area contributed by atoms with Crippen molar-refractivity contribution in [1.29, 1.82) is 0 Å². The third-order valence-corrected chi connectivity index (χ3v) is 9.01. The molecule has 4 aromatic carbocycles. The topological polar surface area (TPSA) is 84.9 Å². The summed E-state index contributed by atoms with van der Waals surface area (Å²) in [7, 11) is 1.57. The number of benzene rings is 4. The minimum Gasteiger partial charge on any atom is -0.497 e. The number of fused-ring (bicyclic) bond motifs is 6. The molecule has 1 N–H and O–H groups in total. The van der Waals surface area contributed by atoms with Crippen LogP contribution in [-0.2, 0) is 10.2 Å². The molecule has 0 unspecified atom stereocenters. The van der Waals surface area contributed by atoms with Gasteiger partial charge in [-0.15, -0.1) is 0 Å². The van der Waals surface area contributed by atoms with Crippen LogP contribution >= 0.6 is 0 Å². The summed E-state index contributed by atoms with van der Waals surface area (Å²) in [5.74, 6) is -0.592. The molecule has 0 bridgehead atoms. The molecular weight excluding hydrogens is 552 g/mol. The molecule has 220 valence electrons. The lowest BCUT2D eigenvalue weighted by atomic mass is 9.62. The van der Waals surface area contributed by atoms with Crippen LogP contribution in [-0.4, -0.2) is 41.6 Å². The van der Waals surface area contributed by atoms with E-state index < -0.39 is 23.4 Å². The SMILES string of the molecule is COc1ccc(C(=O)[C@@H]2[C@H](C(=O)c3ccc(OC(C)C)cc3)[C@]3(C(=O)Nc4ccccc43)[C@@H]3c4ccccc4C=CN23)cc1. The van der Waals surface area contributed by atoms with Crippen molar-refractivity contribution in [3.05, 3.63) is 131 Å². The molecule has 0 aromatic heterocycles. The van der Waals surface area contributed by atoms with E-state index in [1.165, 1.54) is 0 Å². The quantitative estimate of drug-likeness (QED) is 0.251. The lowest BCUT2D eigenvalue weighted by molar-refractivity contribution is -0.122. The Kier molecular flexibility index (Phi) is 6.61. The fourth-order valence-electron chi connectivity index (χ4n) is 7.24. The number of para-hydroxylation sites is 1. The zero-order valence-corrected chi connectivity index (χ0v) is 24.7. The minimum atomic E-state index is -1.38. The van der Waals surface area contributed by atoms with Gasteiger partial charge in [-0.05, 0) is 91.2 Å². The molecule has 7 rings (SSSR count). The summed E-state index contributed by atoms with van der Waals surface area (Å²) < 4.78 is 11.2. The summed E-state index contributed by atoms with van der Waals surface area (Å²) in [6.45, 7) is 3.88. The Hall–Kier alpha value is -5.17. The normalized spacial score (nSPS) is 22.8. The van der Waals surface area contributed by atoms with Crippen LogP contribution in [0.5, 0.6) is 11.5 Å². The van der Waals surface area contributed by atoms with Gasteiger partial charge in [0.05, 0.1) is 25.2 Å². The van der Waals surface area contributed by atoms with Gasteiger partial charge in [-0.3, -0.25) is 14.4 Å². The van der Waals surface area contributed by atoms with Gasteiger partial charge in [0.25, 0.3) is 0 Å². The third kappa shape index (κ3) is 4.07. The fourth-order valence-corrected chi connectivity index (χ4v) is 7.24.